The fourth-order valence-electron chi connectivity index (χ4n) is 3.56. The molecule has 0 atom stereocenters. The van der Waals surface area contributed by atoms with E-state index in [1.807, 2.05) is 72.4 Å². The Hall–Kier alpha value is -4.53. The highest BCUT2D eigenvalue weighted by Gasteiger charge is 2.20. The summed E-state index contributed by atoms with van der Waals surface area (Å²) in [5, 5.41) is 28.0. The van der Waals surface area contributed by atoms with Crippen molar-refractivity contribution in [3.05, 3.63) is 110 Å². The van der Waals surface area contributed by atoms with Crippen LogP contribution in [0.3, 0.4) is 0 Å². The first-order valence-electron chi connectivity index (χ1n) is 9.78. The molecule has 0 radical (unpaired) electrons. The van der Waals surface area contributed by atoms with Crippen LogP contribution >= 0.6 is 0 Å². The zero-order chi connectivity index (χ0) is 22.7. The number of aromatic nitrogens is 1. The van der Waals surface area contributed by atoms with Gasteiger partial charge in [-0.3, -0.25) is 25.7 Å². The van der Waals surface area contributed by atoms with Gasteiger partial charge in [0.1, 0.15) is 5.69 Å². The largest absolute Gasteiger partial charge is 0.350 e. The Balaban J connectivity index is 1.79. The summed E-state index contributed by atoms with van der Waals surface area (Å²) in [7, 11) is 1.95. The second kappa shape index (κ2) is 8.68. The number of para-hydroxylation sites is 1. The van der Waals surface area contributed by atoms with Crippen molar-refractivity contribution in [2.75, 3.05) is 5.43 Å². The Kier molecular flexibility index (Phi) is 5.63. The maximum Gasteiger partial charge on any atom is 0.301 e. The third-order valence-corrected chi connectivity index (χ3v) is 5.12. The van der Waals surface area contributed by atoms with Gasteiger partial charge in [0.05, 0.1) is 21.6 Å². The van der Waals surface area contributed by atoms with Crippen molar-refractivity contribution >= 4 is 33.7 Å². The summed E-state index contributed by atoms with van der Waals surface area (Å²) >= 11 is 0. The molecule has 0 saturated heterocycles. The Morgan fingerprint density at radius 3 is 2.41 bits per heavy atom. The second-order valence-corrected chi connectivity index (χ2v) is 7.22. The van der Waals surface area contributed by atoms with Gasteiger partial charge in [-0.05, 0) is 17.7 Å². The van der Waals surface area contributed by atoms with Crippen molar-refractivity contribution in [3.8, 4) is 0 Å². The van der Waals surface area contributed by atoms with E-state index in [0.29, 0.717) is 12.1 Å². The fourth-order valence-corrected chi connectivity index (χ4v) is 3.56. The number of rotatable bonds is 7. The second-order valence-electron chi connectivity index (χ2n) is 7.22. The summed E-state index contributed by atoms with van der Waals surface area (Å²) in [4.78, 5) is 21.1. The number of anilines is 1. The molecule has 0 aliphatic rings. The molecule has 1 heterocycles. The summed E-state index contributed by atoms with van der Waals surface area (Å²) in [5.74, 6) is 0. The van der Waals surface area contributed by atoms with Gasteiger partial charge in [-0.15, -0.1) is 0 Å². The van der Waals surface area contributed by atoms with Crippen LogP contribution in [0.1, 0.15) is 11.1 Å². The topological polar surface area (TPSA) is 116 Å². The quantitative estimate of drug-likeness (QED) is 0.251. The van der Waals surface area contributed by atoms with E-state index >= 15 is 0 Å². The number of fused-ring (bicyclic) bond motifs is 1. The number of non-ortho nitro benzene ring substituents is 1. The number of hydrazone groups is 1. The summed E-state index contributed by atoms with van der Waals surface area (Å²) in [6.45, 7) is 0. The van der Waals surface area contributed by atoms with Gasteiger partial charge >= 0.3 is 5.69 Å². The minimum Gasteiger partial charge on any atom is -0.350 e. The van der Waals surface area contributed by atoms with E-state index in [4.69, 9.17) is 0 Å². The Morgan fingerprint density at radius 2 is 1.69 bits per heavy atom. The molecule has 0 bridgehead atoms. The summed E-state index contributed by atoms with van der Waals surface area (Å²) in [6.07, 6.45) is 2.46. The van der Waals surface area contributed by atoms with Crippen LogP contribution in [0, 0.1) is 20.2 Å². The lowest BCUT2D eigenvalue weighted by Crippen LogP contribution is -2.09. The highest BCUT2D eigenvalue weighted by atomic mass is 16.6. The van der Waals surface area contributed by atoms with Crippen molar-refractivity contribution in [1.82, 2.24) is 4.57 Å². The molecular weight excluding hydrogens is 410 g/mol. The Bertz CT molecular complexity index is 1350. The molecule has 3 aromatic carbocycles. The van der Waals surface area contributed by atoms with Crippen molar-refractivity contribution in [3.63, 3.8) is 0 Å². The van der Waals surface area contributed by atoms with Gasteiger partial charge in [0.2, 0.25) is 0 Å². The minimum absolute atomic E-state index is 0.0754. The SMILES string of the molecule is Cn1cc(C(Cc2ccccc2)=NNc2ccc([N+](=O)[O-])cc2[N+](=O)[O-])c2ccccc21. The molecule has 0 spiro atoms. The number of benzene rings is 3. The highest BCUT2D eigenvalue weighted by molar-refractivity contribution is 6.12. The Labute approximate surface area is 182 Å². The van der Waals surface area contributed by atoms with Crippen LogP contribution in [-0.2, 0) is 13.5 Å². The zero-order valence-corrected chi connectivity index (χ0v) is 17.1. The van der Waals surface area contributed by atoms with Crippen molar-refractivity contribution in [2.24, 2.45) is 12.1 Å². The van der Waals surface area contributed by atoms with Gasteiger partial charge in [0.15, 0.2) is 0 Å². The van der Waals surface area contributed by atoms with Crippen LogP contribution in [0.5, 0.6) is 0 Å². The molecule has 0 fully saturated rings. The molecule has 0 saturated carbocycles. The predicted octanol–water partition coefficient (Wildman–Crippen LogP) is 5.05. The van der Waals surface area contributed by atoms with E-state index in [1.54, 1.807) is 0 Å². The lowest BCUT2D eigenvalue weighted by Gasteiger charge is -2.08. The monoisotopic (exact) mass is 429 g/mol. The van der Waals surface area contributed by atoms with E-state index < -0.39 is 15.5 Å². The molecule has 1 aromatic heterocycles. The normalized spacial score (nSPS) is 11.5. The molecular formula is C23H19N5O4. The lowest BCUT2D eigenvalue weighted by atomic mass is 10.0. The molecule has 0 amide bonds. The maximum absolute atomic E-state index is 11.5. The van der Waals surface area contributed by atoms with E-state index in [-0.39, 0.29) is 11.4 Å². The average Bonchev–Trinajstić information content (AvgIpc) is 3.13. The van der Waals surface area contributed by atoms with Crippen molar-refractivity contribution in [1.29, 1.82) is 0 Å². The minimum atomic E-state index is -0.670. The van der Waals surface area contributed by atoms with E-state index in [1.165, 1.54) is 12.1 Å². The molecule has 1 N–H and O–H groups in total. The number of nitrogens with zero attached hydrogens (tertiary/aromatic N) is 4. The lowest BCUT2D eigenvalue weighted by molar-refractivity contribution is -0.393. The van der Waals surface area contributed by atoms with E-state index in [2.05, 4.69) is 10.5 Å². The standard InChI is InChI=1S/C23H19N5O4/c1-26-15-19(18-9-5-6-10-22(18)26)21(13-16-7-3-2-4-8-16)25-24-20-12-11-17(27(29)30)14-23(20)28(31)32/h2-12,14-15,24H,13H2,1H3. The highest BCUT2D eigenvalue weighted by Crippen LogP contribution is 2.29. The first-order chi connectivity index (χ1) is 15.4. The molecule has 4 rings (SSSR count). The molecule has 9 heteroatoms. The third-order valence-electron chi connectivity index (χ3n) is 5.12. The molecule has 0 unspecified atom stereocenters. The number of nitrogens with one attached hydrogen (secondary N) is 1. The van der Waals surface area contributed by atoms with E-state index in [9.17, 15) is 20.2 Å². The number of aryl methyl sites for hydroxylation is 1. The van der Waals surface area contributed by atoms with Gasteiger partial charge in [-0.1, -0.05) is 48.5 Å². The van der Waals surface area contributed by atoms with Crippen LogP contribution in [0.4, 0.5) is 17.1 Å². The third kappa shape index (κ3) is 4.17. The van der Waals surface area contributed by atoms with Gasteiger partial charge in [-0.2, -0.15) is 5.10 Å². The summed E-state index contributed by atoms with van der Waals surface area (Å²) < 4.78 is 2.00. The number of hydrogen-bond acceptors (Lipinski definition) is 6. The van der Waals surface area contributed by atoms with Crippen molar-refractivity contribution < 1.29 is 9.85 Å². The Morgan fingerprint density at radius 1 is 0.969 bits per heavy atom. The molecule has 0 aliphatic carbocycles. The first-order valence-corrected chi connectivity index (χ1v) is 9.78. The van der Waals surface area contributed by atoms with Crippen LogP contribution in [0.2, 0.25) is 0 Å². The molecule has 4 aromatic rings. The van der Waals surface area contributed by atoms with Crippen LogP contribution in [0.25, 0.3) is 10.9 Å². The molecule has 160 valence electrons. The fraction of sp³-hybridized carbons (Fsp3) is 0.0870. The van der Waals surface area contributed by atoms with Gasteiger partial charge in [0, 0.05) is 42.2 Å². The first kappa shape index (κ1) is 20.7. The maximum atomic E-state index is 11.5. The van der Waals surface area contributed by atoms with E-state index in [0.717, 1.165) is 28.1 Å². The zero-order valence-electron chi connectivity index (χ0n) is 17.1. The molecule has 9 nitrogen and oxygen atoms in total. The van der Waals surface area contributed by atoms with Gasteiger partial charge < -0.3 is 4.57 Å². The van der Waals surface area contributed by atoms with Gasteiger partial charge in [-0.25, -0.2) is 0 Å². The average molecular weight is 429 g/mol. The smallest absolute Gasteiger partial charge is 0.301 e. The number of hydrogen-bond donors (Lipinski definition) is 1. The van der Waals surface area contributed by atoms with Crippen LogP contribution < -0.4 is 5.43 Å². The number of nitro groups is 2. The van der Waals surface area contributed by atoms with Crippen LogP contribution in [-0.4, -0.2) is 20.1 Å². The molecule has 32 heavy (non-hydrogen) atoms. The van der Waals surface area contributed by atoms with Gasteiger partial charge in [0.25, 0.3) is 5.69 Å². The molecule has 0 aliphatic heterocycles. The summed E-state index contributed by atoms with van der Waals surface area (Å²) in [6, 6.07) is 21.1. The van der Waals surface area contributed by atoms with Crippen molar-refractivity contribution in [2.45, 2.75) is 6.42 Å². The van der Waals surface area contributed by atoms with Crippen LogP contribution in [0.15, 0.2) is 84.1 Å². The predicted molar refractivity (Wildman–Crippen MR) is 123 cm³/mol. The summed E-state index contributed by atoms with van der Waals surface area (Å²) in [5.41, 5.74) is 5.70. The number of nitro benzene ring substituents is 2.